The zero-order chi connectivity index (χ0) is 21.2. The highest BCUT2D eigenvalue weighted by molar-refractivity contribution is 5.75. The SMILES string of the molecule is Cc1cccc(Cc2c(C)nc(C)nc2N2CCN(C(=O)NC(C)(C)C)CC2)c1. The van der Waals surface area contributed by atoms with Crippen LogP contribution in [0.1, 0.15) is 49.0 Å². The van der Waals surface area contributed by atoms with E-state index >= 15 is 0 Å². The van der Waals surface area contributed by atoms with Gasteiger partial charge in [-0.25, -0.2) is 14.8 Å². The summed E-state index contributed by atoms with van der Waals surface area (Å²) in [4.78, 5) is 26.1. The molecule has 6 heteroatoms. The van der Waals surface area contributed by atoms with E-state index in [-0.39, 0.29) is 11.6 Å². The van der Waals surface area contributed by atoms with Gasteiger partial charge in [-0.3, -0.25) is 0 Å². The first kappa shape index (κ1) is 21.1. The molecule has 0 bridgehead atoms. The van der Waals surface area contributed by atoms with Gasteiger partial charge in [0, 0.05) is 49.4 Å². The Labute approximate surface area is 174 Å². The molecule has 0 spiro atoms. The van der Waals surface area contributed by atoms with Gasteiger partial charge in [-0.2, -0.15) is 0 Å². The van der Waals surface area contributed by atoms with E-state index in [1.165, 1.54) is 16.7 Å². The number of carbonyl (C=O) groups is 1. The minimum atomic E-state index is -0.226. The minimum absolute atomic E-state index is 0.00665. The number of aromatic nitrogens is 2. The predicted octanol–water partition coefficient (Wildman–Crippen LogP) is 3.62. The standard InChI is InChI=1S/C23H33N5O/c1-16-8-7-9-19(14-16)15-20-17(2)24-18(3)25-21(20)27-10-12-28(13-11-27)22(29)26-23(4,5)6/h7-9,14H,10-13,15H2,1-6H3,(H,26,29). The van der Waals surface area contributed by atoms with Crippen molar-refractivity contribution in [2.24, 2.45) is 0 Å². The van der Waals surface area contributed by atoms with Crippen LogP contribution in [0.2, 0.25) is 0 Å². The van der Waals surface area contributed by atoms with Crippen LogP contribution in [0.25, 0.3) is 0 Å². The zero-order valence-corrected chi connectivity index (χ0v) is 18.5. The topological polar surface area (TPSA) is 61.4 Å². The molecule has 0 unspecified atom stereocenters. The van der Waals surface area contributed by atoms with E-state index in [4.69, 9.17) is 4.98 Å². The van der Waals surface area contributed by atoms with Crippen molar-refractivity contribution in [1.29, 1.82) is 0 Å². The smallest absolute Gasteiger partial charge is 0.317 e. The Morgan fingerprint density at radius 1 is 1.07 bits per heavy atom. The summed E-state index contributed by atoms with van der Waals surface area (Å²) in [5.41, 5.74) is 4.50. The summed E-state index contributed by atoms with van der Waals surface area (Å²) in [6, 6.07) is 8.60. The van der Waals surface area contributed by atoms with Crippen molar-refractivity contribution in [3.05, 3.63) is 52.5 Å². The molecule has 0 atom stereocenters. The number of amides is 2. The van der Waals surface area contributed by atoms with Crippen molar-refractivity contribution in [2.75, 3.05) is 31.1 Å². The van der Waals surface area contributed by atoms with E-state index in [0.29, 0.717) is 13.1 Å². The molecule has 1 aliphatic rings. The minimum Gasteiger partial charge on any atom is -0.353 e. The van der Waals surface area contributed by atoms with Crippen LogP contribution in [0, 0.1) is 20.8 Å². The van der Waals surface area contributed by atoms with Gasteiger partial charge in [0.15, 0.2) is 0 Å². The van der Waals surface area contributed by atoms with Crippen LogP contribution in [0.4, 0.5) is 10.6 Å². The number of piperazine rings is 1. The fourth-order valence-corrected chi connectivity index (χ4v) is 3.73. The second-order valence-corrected chi connectivity index (χ2v) is 8.98. The molecule has 1 aromatic carbocycles. The van der Waals surface area contributed by atoms with Gasteiger partial charge < -0.3 is 15.1 Å². The molecule has 2 amide bonds. The zero-order valence-electron chi connectivity index (χ0n) is 18.5. The predicted molar refractivity (Wildman–Crippen MR) is 118 cm³/mol. The van der Waals surface area contributed by atoms with Crippen molar-refractivity contribution < 1.29 is 4.79 Å². The van der Waals surface area contributed by atoms with Gasteiger partial charge >= 0.3 is 6.03 Å². The van der Waals surface area contributed by atoms with Crippen LogP contribution in [0.3, 0.4) is 0 Å². The maximum atomic E-state index is 12.5. The highest BCUT2D eigenvalue weighted by Gasteiger charge is 2.26. The van der Waals surface area contributed by atoms with Gasteiger partial charge in [0.1, 0.15) is 11.6 Å². The highest BCUT2D eigenvalue weighted by Crippen LogP contribution is 2.25. The summed E-state index contributed by atoms with van der Waals surface area (Å²) in [5.74, 6) is 1.80. The van der Waals surface area contributed by atoms with Gasteiger partial charge in [0.25, 0.3) is 0 Å². The Kier molecular flexibility index (Phi) is 6.10. The third-order valence-corrected chi connectivity index (χ3v) is 5.12. The van der Waals surface area contributed by atoms with Gasteiger partial charge in [-0.05, 0) is 47.1 Å². The molecule has 2 aromatic rings. The fraction of sp³-hybridized carbons (Fsp3) is 0.522. The van der Waals surface area contributed by atoms with E-state index in [1.54, 1.807) is 0 Å². The van der Waals surface area contributed by atoms with Gasteiger partial charge in [-0.1, -0.05) is 29.8 Å². The summed E-state index contributed by atoms with van der Waals surface area (Å²) < 4.78 is 0. The van der Waals surface area contributed by atoms with Crippen molar-refractivity contribution in [3.8, 4) is 0 Å². The van der Waals surface area contributed by atoms with E-state index in [9.17, 15) is 4.79 Å². The Morgan fingerprint density at radius 2 is 1.76 bits per heavy atom. The molecule has 29 heavy (non-hydrogen) atoms. The number of benzene rings is 1. The summed E-state index contributed by atoms with van der Waals surface area (Å²) in [6.45, 7) is 15.1. The Bertz CT molecular complexity index is 879. The van der Waals surface area contributed by atoms with E-state index in [1.807, 2.05) is 32.6 Å². The van der Waals surface area contributed by atoms with Crippen LogP contribution in [-0.4, -0.2) is 52.6 Å². The molecule has 0 radical (unpaired) electrons. The molecule has 6 nitrogen and oxygen atoms in total. The van der Waals surface area contributed by atoms with Crippen molar-refractivity contribution in [3.63, 3.8) is 0 Å². The number of carbonyl (C=O) groups excluding carboxylic acids is 1. The second kappa shape index (κ2) is 8.39. The number of nitrogens with one attached hydrogen (secondary N) is 1. The van der Waals surface area contributed by atoms with Crippen molar-refractivity contribution in [1.82, 2.24) is 20.2 Å². The van der Waals surface area contributed by atoms with E-state index < -0.39 is 0 Å². The maximum absolute atomic E-state index is 12.5. The summed E-state index contributed by atoms with van der Waals surface area (Å²) >= 11 is 0. The number of hydrogen-bond donors (Lipinski definition) is 1. The first-order valence-corrected chi connectivity index (χ1v) is 10.3. The number of urea groups is 1. The number of hydrogen-bond acceptors (Lipinski definition) is 4. The first-order chi connectivity index (χ1) is 13.6. The Balaban J connectivity index is 1.78. The second-order valence-electron chi connectivity index (χ2n) is 8.98. The van der Waals surface area contributed by atoms with E-state index in [2.05, 4.69) is 53.3 Å². The van der Waals surface area contributed by atoms with Crippen molar-refractivity contribution >= 4 is 11.8 Å². The monoisotopic (exact) mass is 395 g/mol. The molecule has 156 valence electrons. The Hall–Kier alpha value is -2.63. The lowest BCUT2D eigenvalue weighted by atomic mass is 10.0. The highest BCUT2D eigenvalue weighted by atomic mass is 16.2. The van der Waals surface area contributed by atoms with Crippen LogP contribution in [-0.2, 0) is 6.42 Å². The summed E-state index contributed by atoms with van der Waals surface area (Å²) in [7, 11) is 0. The number of aryl methyl sites for hydroxylation is 3. The largest absolute Gasteiger partial charge is 0.353 e. The molecule has 0 saturated carbocycles. The quantitative estimate of drug-likeness (QED) is 0.862. The van der Waals surface area contributed by atoms with Crippen molar-refractivity contribution in [2.45, 2.75) is 53.5 Å². The van der Waals surface area contributed by atoms with Gasteiger partial charge in [-0.15, -0.1) is 0 Å². The Morgan fingerprint density at radius 3 is 2.38 bits per heavy atom. The maximum Gasteiger partial charge on any atom is 0.317 e. The molecule has 1 saturated heterocycles. The third kappa shape index (κ3) is 5.46. The first-order valence-electron chi connectivity index (χ1n) is 10.3. The summed E-state index contributed by atoms with van der Waals surface area (Å²) in [6.07, 6.45) is 0.813. The molecule has 1 aromatic heterocycles. The normalized spacial score (nSPS) is 14.8. The fourth-order valence-electron chi connectivity index (χ4n) is 3.73. The molecular formula is C23H33N5O. The third-order valence-electron chi connectivity index (χ3n) is 5.12. The average Bonchev–Trinajstić information content (AvgIpc) is 2.62. The van der Waals surface area contributed by atoms with Crippen LogP contribution >= 0.6 is 0 Å². The number of rotatable bonds is 3. The number of nitrogens with zero attached hydrogens (tertiary/aromatic N) is 4. The lowest BCUT2D eigenvalue weighted by Crippen LogP contribution is -2.55. The lowest BCUT2D eigenvalue weighted by molar-refractivity contribution is 0.185. The van der Waals surface area contributed by atoms with Crippen LogP contribution in [0.5, 0.6) is 0 Å². The molecule has 0 aliphatic carbocycles. The average molecular weight is 396 g/mol. The molecule has 2 heterocycles. The van der Waals surface area contributed by atoms with Gasteiger partial charge in [0.2, 0.25) is 0 Å². The molecular weight excluding hydrogens is 362 g/mol. The van der Waals surface area contributed by atoms with Crippen LogP contribution < -0.4 is 10.2 Å². The summed E-state index contributed by atoms with van der Waals surface area (Å²) in [5, 5.41) is 3.05. The molecule has 3 rings (SSSR count). The lowest BCUT2D eigenvalue weighted by Gasteiger charge is -2.37. The molecule has 1 aliphatic heterocycles. The molecule has 1 N–H and O–H groups in total. The molecule has 1 fully saturated rings. The van der Waals surface area contributed by atoms with Gasteiger partial charge in [0.05, 0.1) is 0 Å². The number of anilines is 1. The van der Waals surface area contributed by atoms with E-state index in [0.717, 1.165) is 36.8 Å². The van der Waals surface area contributed by atoms with Crippen LogP contribution in [0.15, 0.2) is 24.3 Å².